The van der Waals surface area contributed by atoms with E-state index in [9.17, 15) is 14.0 Å². The number of amides is 1. The molecule has 0 atom stereocenters. The molecule has 28 heavy (non-hydrogen) atoms. The van der Waals surface area contributed by atoms with Gasteiger partial charge < -0.3 is 19.8 Å². The molecule has 2 aromatic carbocycles. The lowest BCUT2D eigenvalue weighted by Gasteiger charge is -2.13. The summed E-state index contributed by atoms with van der Waals surface area (Å²) in [7, 11) is 1.52. The van der Waals surface area contributed by atoms with Crippen LogP contribution in [0.25, 0.3) is 10.9 Å². The number of hydrogen-bond acceptors (Lipinski definition) is 4. The monoisotopic (exact) mass is 384 g/mol. The lowest BCUT2D eigenvalue weighted by atomic mass is 10.1. The number of nitrogens with one attached hydrogen (secondary N) is 2. The number of methoxy groups -OCH3 is 1. The van der Waals surface area contributed by atoms with E-state index in [1.807, 2.05) is 6.92 Å². The van der Waals surface area contributed by atoms with Crippen LogP contribution in [0.1, 0.15) is 22.8 Å². The Hall–Kier alpha value is -3.35. The van der Waals surface area contributed by atoms with Crippen molar-refractivity contribution in [1.82, 2.24) is 10.3 Å². The van der Waals surface area contributed by atoms with E-state index in [0.717, 1.165) is 5.56 Å². The average Bonchev–Trinajstić information content (AvgIpc) is 2.69. The minimum atomic E-state index is -0.513. The molecule has 0 aliphatic heterocycles. The highest BCUT2D eigenvalue weighted by Crippen LogP contribution is 2.33. The summed E-state index contributed by atoms with van der Waals surface area (Å²) in [5.41, 5.74) is 0.872. The molecular weight excluding hydrogens is 363 g/mol. The minimum Gasteiger partial charge on any atom is -0.493 e. The van der Waals surface area contributed by atoms with Crippen molar-refractivity contribution in [2.24, 2.45) is 0 Å². The molecule has 3 aromatic rings. The van der Waals surface area contributed by atoms with Crippen LogP contribution in [-0.4, -0.2) is 31.2 Å². The number of halogens is 1. The number of hydrogen-bond donors (Lipinski definition) is 2. The number of aromatic amines is 1. The zero-order valence-corrected chi connectivity index (χ0v) is 15.7. The van der Waals surface area contributed by atoms with Crippen LogP contribution in [0.5, 0.6) is 11.5 Å². The highest BCUT2D eigenvalue weighted by atomic mass is 19.1. The van der Waals surface area contributed by atoms with E-state index in [1.54, 1.807) is 24.3 Å². The topological polar surface area (TPSA) is 80.4 Å². The first-order valence-corrected chi connectivity index (χ1v) is 8.93. The van der Waals surface area contributed by atoms with Gasteiger partial charge in [-0.3, -0.25) is 9.59 Å². The Bertz CT molecular complexity index is 1040. The van der Waals surface area contributed by atoms with Crippen LogP contribution in [0.15, 0.2) is 47.3 Å². The lowest BCUT2D eigenvalue weighted by Crippen LogP contribution is -2.31. The van der Waals surface area contributed by atoms with Crippen LogP contribution in [0, 0.1) is 5.82 Å². The lowest BCUT2D eigenvalue weighted by molar-refractivity contribution is 0.0953. The van der Waals surface area contributed by atoms with Gasteiger partial charge in [-0.05, 0) is 49.2 Å². The molecule has 1 heterocycles. The maximum atomic E-state index is 12.9. The van der Waals surface area contributed by atoms with Gasteiger partial charge in [0.25, 0.3) is 11.5 Å². The molecule has 0 unspecified atom stereocenters. The summed E-state index contributed by atoms with van der Waals surface area (Å²) in [6.07, 6.45) is 0.531. The van der Waals surface area contributed by atoms with E-state index in [1.165, 1.54) is 25.3 Å². The number of aromatic nitrogens is 1. The minimum absolute atomic E-state index is 0.0132. The van der Waals surface area contributed by atoms with Gasteiger partial charge in [-0.15, -0.1) is 0 Å². The zero-order chi connectivity index (χ0) is 20.1. The van der Waals surface area contributed by atoms with Gasteiger partial charge in [-0.2, -0.15) is 0 Å². The Morgan fingerprint density at radius 3 is 2.61 bits per heavy atom. The zero-order valence-electron chi connectivity index (χ0n) is 15.7. The third-order valence-corrected chi connectivity index (χ3v) is 4.30. The maximum Gasteiger partial charge on any atom is 0.261 e. The van der Waals surface area contributed by atoms with Gasteiger partial charge in [0.05, 0.1) is 19.2 Å². The summed E-state index contributed by atoms with van der Waals surface area (Å²) in [5, 5.41) is 3.38. The van der Waals surface area contributed by atoms with E-state index >= 15 is 0 Å². The van der Waals surface area contributed by atoms with Gasteiger partial charge in [-0.1, -0.05) is 12.1 Å². The second-order valence-corrected chi connectivity index (χ2v) is 6.14. The molecule has 0 bridgehead atoms. The SMILES string of the molecule is CCOc1c(OC)ccc2cc(C(=O)NCCc3ccc(F)cc3)c(=O)[nH]c12. The van der Waals surface area contributed by atoms with Gasteiger partial charge in [0.1, 0.15) is 11.4 Å². The Morgan fingerprint density at radius 2 is 1.93 bits per heavy atom. The summed E-state index contributed by atoms with van der Waals surface area (Å²) < 4.78 is 23.8. The number of ether oxygens (including phenoxy) is 2. The molecule has 0 saturated carbocycles. The molecule has 6 nitrogen and oxygen atoms in total. The van der Waals surface area contributed by atoms with Gasteiger partial charge in [0.2, 0.25) is 0 Å². The fourth-order valence-electron chi connectivity index (χ4n) is 2.91. The first-order valence-electron chi connectivity index (χ1n) is 8.93. The molecule has 3 rings (SSSR count). The van der Waals surface area contributed by atoms with Crippen LogP contribution in [0.2, 0.25) is 0 Å². The van der Waals surface area contributed by atoms with Crippen molar-refractivity contribution in [3.63, 3.8) is 0 Å². The van der Waals surface area contributed by atoms with Gasteiger partial charge >= 0.3 is 0 Å². The highest BCUT2D eigenvalue weighted by Gasteiger charge is 2.16. The predicted octanol–water partition coefficient (Wildman–Crippen LogP) is 3.05. The van der Waals surface area contributed by atoms with Crippen LogP contribution in [-0.2, 0) is 6.42 Å². The van der Waals surface area contributed by atoms with E-state index in [0.29, 0.717) is 42.0 Å². The molecule has 0 spiro atoms. The molecular formula is C21H21FN2O4. The molecule has 0 aliphatic rings. The summed E-state index contributed by atoms with van der Waals surface area (Å²) in [6.45, 7) is 2.57. The number of carbonyl (C=O) groups is 1. The van der Waals surface area contributed by atoms with Crippen molar-refractivity contribution in [1.29, 1.82) is 0 Å². The summed E-state index contributed by atoms with van der Waals surface area (Å²) >= 11 is 0. The van der Waals surface area contributed by atoms with Crippen LogP contribution < -0.4 is 20.3 Å². The fraction of sp³-hybridized carbons (Fsp3) is 0.238. The highest BCUT2D eigenvalue weighted by molar-refractivity contribution is 5.98. The number of rotatable bonds is 7. The van der Waals surface area contributed by atoms with Crippen molar-refractivity contribution in [2.45, 2.75) is 13.3 Å². The van der Waals surface area contributed by atoms with E-state index in [-0.39, 0.29) is 11.4 Å². The number of H-pyrrole nitrogens is 1. The van der Waals surface area contributed by atoms with E-state index in [2.05, 4.69) is 10.3 Å². The third kappa shape index (κ3) is 4.14. The molecule has 0 aliphatic carbocycles. The maximum absolute atomic E-state index is 12.9. The van der Waals surface area contributed by atoms with E-state index in [4.69, 9.17) is 9.47 Å². The van der Waals surface area contributed by atoms with Gasteiger partial charge in [-0.25, -0.2) is 4.39 Å². The Kier molecular flexibility index (Phi) is 5.93. The molecule has 146 valence electrons. The number of pyridine rings is 1. The van der Waals surface area contributed by atoms with Crippen molar-refractivity contribution >= 4 is 16.8 Å². The molecule has 0 fully saturated rings. The van der Waals surface area contributed by atoms with Gasteiger partial charge in [0.15, 0.2) is 11.5 Å². The van der Waals surface area contributed by atoms with E-state index < -0.39 is 11.5 Å². The Morgan fingerprint density at radius 1 is 1.18 bits per heavy atom. The normalized spacial score (nSPS) is 10.7. The second kappa shape index (κ2) is 8.56. The van der Waals surface area contributed by atoms with Crippen molar-refractivity contribution in [3.8, 4) is 11.5 Å². The number of benzene rings is 2. The van der Waals surface area contributed by atoms with Crippen molar-refractivity contribution in [3.05, 3.63) is 69.8 Å². The van der Waals surface area contributed by atoms with Crippen molar-refractivity contribution < 1.29 is 18.7 Å². The predicted molar refractivity (Wildman–Crippen MR) is 105 cm³/mol. The Labute approximate surface area is 161 Å². The standard InChI is InChI=1S/C21H21FN2O4/c1-3-28-19-17(27-2)9-6-14-12-16(21(26)24-18(14)19)20(25)23-11-10-13-4-7-15(22)8-5-13/h4-9,12H,3,10-11H2,1-2H3,(H,23,25)(H,24,26). The molecule has 1 amide bonds. The van der Waals surface area contributed by atoms with Crippen LogP contribution in [0.3, 0.4) is 0 Å². The molecule has 0 radical (unpaired) electrons. The smallest absolute Gasteiger partial charge is 0.261 e. The molecule has 7 heteroatoms. The largest absolute Gasteiger partial charge is 0.493 e. The fourth-order valence-corrected chi connectivity index (χ4v) is 2.91. The quantitative estimate of drug-likeness (QED) is 0.656. The van der Waals surface area contributed by atoms with Crippen LogP contribution in [0.4, 0.5) is 4.39 Å². The molecule has 1 aromatic heterocycles. The molecule has 0 saturated heterocycles. The first kappa shape index (κ1) is 19.4. The molecule has 2 N–H and O–H groups in total. The summed E-state index contributed by atoms with van der Waals surface area (Å²) in [6, 6.07) is 11.1. The Balaban J connectivity index is 1.80. The second-order valence-electron chi connectivity index (χ2n) is 6.14. The van der Waals surface area contributed by atoms with Crippen LogP contribution >= 0.6 is 0 Å². The number of carbonyl (C=O) groups excluding carboxylic acids is 1. The summed E-state index contributed by atoms with van der Waals surface area (Å²) in [4.78, 5) is 27.6. The number of fused-ring (bicyclic) bond motifs is 1. The average molecular weight is 384 g/mol. The third-order valence-electron chi connectivity index (χ3n) is 4.30. The van der Waals surface area contributed by atoms with Crippen molar-refractivity contribution in [2.75, 3.05) is 20.3 Å². The van der Waals surface area contributed by atoms with Gasteiger partial charge in [0, 0.05) is 11.9 Å². The first-order chi connectivity index (χ1) is 13.5. The summed E-state index contributed by atoms with van der Waals surface area (Å²) in [5.74, 6) is 0.155.